The van der Waals surface area contributed by atoms with Gasteiger partial charge < -0.3 is 14.6 Å². The first kappa shape index (κ1) is 13.7. The number of rotatable bonds is 7. The van der Waals surface area contributed by atoms with Crippen LogP contribution in [0.5, 0.6) is 0 Å². The molecule has 0 heterocycles. The van der Waals surface area contributed by atoms with E-state index in [0.717, 1.165) is 11.8 Å². The minimum atomic E-state index is -0.438. The molecule has 5 heteroatoms. The first-order valence-electron chi connectivity index (χ1n) is 5.45. The van der Waals surface area contributed by atoms with Gasteiger partial charge in [-0.3, -0.25) is 0 Å². The third-order valence-corrected chi connectivity index (χ3v) is 1.99. The molecule has 0 amide bonds. The zero-order chi connectivity index (χ0) is 13.1. The second-order valence-electron chi connectivity index (χ2n) is 3.37. The van der Waals surface area contributed by atoms with Crippen molar-refractivity contribution < 1.29 is 14.6 Å². The highest BCUT2D eigenvalue weighted by Gasteiger charge is 1.97. The van der Waals surface area contributed by atoms with Crippen LogP contribution >= 0.6 is 0 Å². The van der Waals surface area contributed by atoms with Gasteiger partial charge in [-0.25, -0.2) is 0 Å². The molecule has 0 radical (unpaired) electrons. The summed E-state index contributed by atoms with van der Waals surface area (Å²) in [5.41, 5.74) is 1.12. The van der Waals surface area contributed by atoms with Gasteiger partial charge in [0.1, 0.15) is 6.61 Å². The summed E-state index contributed by atoms with van der Waals surface area (Å²) in [5.74, 6) is -0.438. The first-order valence-corrected chi connectivity index (χ1v) is 5.45. The summed E-state index contributed by atoms with van der Waals surface area (Å²) < 4.78 is 10.2. The molecule has 0 saturated carbocycles. The molecule has 0 bridgehead atoms. The number of diazo groups is 1. The molecule has 0 aliphatic rings. The monoisotopic (exact) mass is 247 g/mol. The second-order valence-corrected chi connectivity index (χ2v) is 3.37. The molecule has 0 aliphatic carbocycles. The normalized spacial score (nSPS) is 11.4. The Labute approximate surface area is 106 Å². The lowest BCUT2D eigenvalue weighted by Gasteiger charge is -2.00. The largest absolute Gasteiger partial charge is 0.476 e. The molecule has 94 valence electrons. The van der Waals surface area contributed by atoms with Gasteiger partial charge in [0.2, 0.25) is 5.39 Å². The van der Waals surface area contributed by atoms with E-state index in [-0.39, 0.29) is 6.61 Å². The van der Waals surface area contributed by atoms with E-state index < -0.39 is 5.95 Å². The summed E-state index contributed by atoms with van der Waals surface area (Å²) in [6, 6.07) is 9.87. The van der Waals surface area contributed by atoms with Crippen molar-refractivity contribution in [2.45, 2.75) is 6.61 Å². The van der Waals surface area contributed by atoms with Crippen LogP contribution in [0.2, 0.25) is 0 Å². The van der Waals surface area contributed by atoms with Crippen molar-refractivity contribution >= 4 is 0 Å². The molecule has 5 nitrogen and oxygen atoms in total. The van der Waals surface area contributed by atoms with E-state index in [1.165, 1.54) is 0 Å². The topological polar surface area (TPSA) is 66.8 Å². The third-order valence-electron chi connectivity index (χ3n) is 1.99. The average molecular weight is 247 g/mol. The quantitative estimate of drug-likeness (QED) is 0.348. The van der Waals surface area contributed by atoms with Crippen molar-refractivity contribution in [1.29, 1.82) is 5.39 Å². The molecule has 1 N–H and O–H groups in total. The first-order chi connectivity index (χ1) is 8.83. The van der Waals surface area contributed by atoms with Crippen LogP contribution in [-0.4, -0.2) is 18.3 Å². The predicted octanol–water partition coefficient (Wildman–Crippen LogP) is 2.99. The van der Waals surface area contributed by atoms with Gasteiger partial charge in [0.05, 0.1) is 13.2 Å². The minimum Gasteiger partial charge on any atom is -0.476 e. The maximum absolute atomic E-state index is 8.92. The predicted molar refractivity (Wildman–Crippen MR) is 67.0 cm³/mol. The standard InChI is InChI=1S/C13H14N2O3/c14-15-10-13(16)18-9-5-4-8-17-11-12-6-2-1-3-7-12/h1-7,10H,8-9,11H2/p+1/b5-4-,13-10+. The Hall–Kier alpha value is -2.32. The van der Waals surface area contributed by atoms with E-state index >= 15 is 0 Å². The van der Waals surface area contributed by atoms with Crippen molar-refractivity contribution in [2.24, 2.45) is 0 Å². The number of hydrogen-bond donors (Lipinski definition) is 1. The van der Waals surface area contributed by atoms with Crippen LogP contribution in [0.25, 0.3) is 4.98 Å². The Balaban J connectivity index is 2.08. The van der Waals surface area contributed by atoms with Gasteiger partial charge in [-0.2, -0.15) is 0 Å². The summed E-state index contributed by atoms with van der Waals surface area (Å²) in [6.45, 7) is 1.21. The lowest BCUT2D eigenvalue weighted by atomic mass is 10.2. The molecule has 0 aromatic heterocycles. The molecule has 0 aliphatic heterocycles. The van der Waals surface area contributed by atoms with Crippen molar-refractivity contribution in [1.82, 2.24) is 0 Å². The van der Waals surface area contributed by atoms with E-state index in [0.29, 0.717) is 13.2 Å². The summed E-state index contributed by atoms with van der Waals surface area (Å²) >= 11 is 0. The van der Waals surface area contributed by atoms with E-state index in [1.807, 2.05) is 30.3 Å². The van der Waals surface area contributed by atoms with Crippen LogP contribution in [0.15, 0.2) is 54.6 Å². The van der Waals surface area contributed by atoms with E-state index in [2.05, 4.69) is 4.98 Å². The molecule has 0 saturated heterocycles. The summed E-state index contributed by atoms with van der Waals surface area (Å²) in [5, 5.41) is 17.0. The Bertz CT molecular complexity index is 435. The lowest BCUT2D eigenvalue weighted by molar-refractivity contribution is 0.111. The fourth-order valence-corrected chi connectivity index (χ4v) is 1.18. The lowest BCUT2D eigenvalue weighted by Crippen LogP contribution is -1.94. The number of aliphatic hydroxyl groups excluding tert-OH is 1. The van der Waals surface area contributed by atoms with Gasteiger partial charge in [0.25, 0.3) is 0 Å². The highest BCUT2D eigenvalue weighted by molar-refractivity contribution is 5.13. The van der Waals surface area contributed by atoms with Gasteiger partial charge >= 0.3 is 12.1 Å². The van der Waals surface area contributed by atoms with Crippen LogP contribution in [0.3, 0.4) is 0 Å². The average Bonchev–Trinajstić information content (AvgIpc) is 2.39. The van der Waals surface area contributed by atoms with Crippen molar-refractivity contribution in [2.75, 3.05) is 13.2 Å². The summed E-state index contributed by atoms with van der Waals surface area (Å²) in [4.78, 5) is 2.61. The zero-order valence-electron chi connectivity index (χ0n) is 9.90. The van der Waals surface area contributed by atoms with Gasteiger partial charge in [-0.05, 0) is 11.6 Å². The maximum atomic E-state index is 8.92. The summed E-state index contributed by atoms with van der Waals surface area (Å²) in [7, 11) is 0. The van der Waals surface area contributed by atoms with Crippen LogP contribution < -0.4 is 0 Å². The zero-order valence-corrected chi connectivity index (χ0v) is 9.90. The molecule has 1 aromatic carbocycles. The molecule has 1 aromatic rings. The minimum absolute atomic E-state index is 0.187. The van der Waals surface area contributed by atoms with E-state index in [4.69, 9.17) is 20.0 Å². The molecule has 1 rings (SSSR count). The second kappa shape index (κ2) is 8.79. The SMILES string of the molecule is N#[N+]/C=C(\O)OC/C=C\COCc1ccccc1. The number of nitrogens with zero attached hydrogens (tertiary/aromatic N) is 2. The maximum Gasteiger partial charge on any atom is 0.429 e. The van der Waals surface area contributed by atoms with Gasteiger partial charge in [-0.1, -0.05) is 36.4 Å². The van der Waals surface area contributed by atoms with Crippen LogP contribution in [-0.2, 0) is 16.1 Å². The number of aliphatic hydroxyl groups is 1. The smallest absolute Gasteiger partial charge is 0.429 e. The van der Waals surface area contributed by atoms with Gasteiger partial charge in [-0.15, -0.1) is 0 Å². The van der Waals surface area contributed by atoms with Crippen molar-refractivity contribution in [3.05, 3.63) is 65.2 Å². The Morgan fingerprint density at radius 3 is 2.67 bits per heavy atom. The number of ether oxygens (including phenoxy) is 2. The van der Waals surface area contributed by atoms with E-state index in [9.17, 15) is 0 Å². The molecule has 0 spiro atoms. The molecule has 18 heavy (non-hydrogen) atoms. The van der Waals surface area contributed by atoms with E-state index in [1.54, 1.807) is 12.2 Å². The molecular weight excluding hydrogens is 232 g/mol. The fourth-order valence-electron chi connectivity index (χ4n) is 1.18. The van der Waals surface area contributed by atoms with Gasteiger partial charge in [0, 0.05) is 0 Å². The highest BCUT2D eigenvalue weighted by Crippen LogP contribution is 2.00. The fraction of sp³-hybridized carbons (Fsp3) is 0.231. The van der Waals surface area contributed by atoms with Crippen LogP contribution in [0.4, 0.5) is 0 Å². The molecule has 0 fully saturated rings. The molecule has 0 atom stereocenters. The molecular formula is C13H15N2O3+. The Morgan fingerprint density at radius 1 is 1.22 bits per heavy atom. The van der Waals surface area contributed by atoms with Crippen molar-refractivity contribution in [3.63, 3.8) is 0 Å². The third kappa shape index (κ3) is 6.30. The number of hydrogen-bond acceptors (Lipinski definition) is 4. The van der Waals surface area contributed by atoms with Crippen LogP contribution in [0, 0.1) is 5.39 Å². The van der Waals surface area contributed by atoms with Gasteiger partial charge in [0.15, 0.2) is 4.98 Å². The Morgan fingerprint density at radius 2 is 1.94 bits per heavy atom. The van der Waals surface area contributed by atoms with Crippen LogP contribution in [0.1, 0.15) is 5.56 Å². The molecule has 0 unspecified atom stereocenters. The Kier molecular flexibility index (Phi) is 6.71. The number of benzene rings is 1. The highest BCUT2D eigenvalue weighted by atomic mass is 16.6. The summed E-state index contributed by atoms with van der Waals surface area (Å²) in [6.07, 6.45) is 4.29. The van der Waals surface area contributed by atoms with Crippen molar-refractivity contribution in [3.8, 4) is 0 Å².